The summed E-state index contributed by atoms with van der Waals surface area (Å²) in [5.41, 5.74) is 6.02. The standard InChI is InChI=1S/C22H24Cl2N6O3S/c1-32-15-7-16(33-2)19(24)17(18(15)23)14-6-13-10-26-22(34-3)29-20(13)21(28-14)25-8-12-9-27-30(11-12)4-5-31/h6-7,10-11,27,31H,4-5,8-9H2,1-3H3,(H,25,28). The minimum Gasteiger partial charge on any atom is -0.495 e. The average Bonchev–Trinajstić information content (AvgIpc) is 3.30. The fraction of sp³-hybridized carbons (Fsp3) is 0.318. The Morgan fingerprint density at radius 2 is 1.91 bits per heavy atom. The van der Waals surface area contributed by atoms with Crippen LogP contribution in [-0.4, -0.2) is 71.8 Å². The van der Waals surface area contributed by atoms with Crippen LogP contribution in [0.4, 0.5) is 5.82 Å². The third-order valence-electron chi connectivity index (χ3n) is 5.23. The number of anilines is 1. The lowest BCUT2D eigenvalue weighted by Crippen LogP contribution is -2.31. The lowest BCUT2D eigenvalue weighted by Gasteiger charge is -2.16. The summed E-state index contributed by atoms with van der Waals surface area (Å²) in [6.45, 7) is 1.78. The number of methoxy groups -OCH3 is 2. The highest BCUT2D eigenvalue weighted by atomic mass is 35.5. The molecule has 9 nitrogen and oxygen atoms in total. The van der Waals surface area contributed by atoms with Gasteiger partial charge >= 0.3 is 0 Å². The number of benzene rings is 1. The van der Waals surface area contributed by atoms with E-state index in [0.29, 0.717) is 68.9 Å². The van der Waals surface area contributed by atoms with E-state index in [0.717, 1.165) is 11.0 Å². The molecule has 34 heavy (non-hydrogen) atoms. The summed E-state index contributed by atoms with van der Waals surface area (Å²) < 4.78 is 10.8. The van der Waals surface area contributed by atoms with Crippen LogP contribution in [-0.2, 0) is 0 Å². The molecule has 2 aromatic heterocycles. The predicted octanol–water partition coefficient (Wildman–Crippen LogP) is 3.85. The Labute approximate surface area is 211 Å². The normalized spacial score (nSPS) is 13.4. The molecule has 0 unspecified atom stereocenters. The SMILES string of the molecule is COc1cc(OC)c(Cl)c(-c2cc3cnc(SC)nc3c(NCC3=CN(CCO)NC3)n2)c1Cl. The van der Waals surface area contributed by atoms with Crippen molar-refractivity contribution in [2.24, 2.45) is 0 Å². The smallest absolute Gasteiger partial charge is 0.187 e. The molecule has 4 rings (SSSR count). The van der Waals surface area contributed by atoms with Crippen LogP contribution < -0.4 is 20.2 Å². The van der Waals surface area contributed by atoms with Crippen molar-refractivity contribution in [3.05, 3.63) is 40.1 Å². The highest BCUT2D eigenvalue weighted by molar-refractivity contribution is 7.98. The maximum absolute atomic E-state index is 9.15. The van der Waals surface area contributed by atoms with E-state index in [1.807, 2.05) is 23.5 Å². The van der Waals surface area contributed by atoms with Crippen molar-refractivity contribution in [1.29, 1.82) is 0 Å². The number of thioether (sulfide) groups is 1. The highest BCUT2D eigenvalue weighted by Crippen LogP contribution is 2.46. The van der Waals surface area contributed by atoms with Gasteiger partial charge in [0, 0.05) is 42.5 Å². The van der Waals surface area contributed by atoms with E-state index in [-0.39, 0.29) is 6.61 Å². The third-order valence-corrected chi connectivity index (χ3v) is 6.54. The van der Waals surface area contributed by atoms with E-state index in [2.05, 4.69) is 20.7 Å². The van der Waals surface area contributed by atoms with Crippen molar-refractivity contribution in [3.63, 3.8) is 0 Å². The number of rotatable bonds is 9. The van der Waals surface area contributed by atoms with Gasteiger partial charge in [0.1, 0.15) is 17.0 Å². The molecule has 3 N–H and O–H groups in total. The number of halogens is 2. The molecule has 0 amide bonds. The summed E-state index contributed by atoms with van der Waals surface area (Å²) >= 11 is 14.8. The van der Waals surface area contributed by atoms with E-state index in [1.54, 1.807) is 12.3 Å². The fourth-order valence-electron chi connectivity index (χ4n) is 3.55. The molecule has 0 saturated heterocycles. The molecule has 1 aliphatic rings. The van der Waals surface area contributed by atoms with E-state index < -0.39 is 0 Å². The van der Waals surface area contributed by atoms with Gasteiger partial charge in [-0.05, 0) is 17.9 Å². The van der Waals surface area contributed by atoms with Gasteiger partial charge in [0.25, 0.3) is 0 Å². The molecule has 0 bridgehead atoms. The molecular formula is C22H24Cl2N6O3S. The van der Waals surface area contributed by atoms with Gasteiger partial charge in [-0.2, -0.15) is 0 Å². The number of β-amino-alcohol motifs (C(OH)–C–C–N with tert-alkyl or cyclic N) is 1. The van der Waals surface area contributed by atoms with Crippen LogP contribution in [0.2, 0.25) is 10.0 Å². The Morgan fingerprint density at radius 3 is 2.56 bits per heavy atom. The fourth-order valence-corrected chi connectivity index (χ4v) is 4.59. The van der Waals surface area contributed by atoms with Gasteiger partial charge in [0.05, 0.1) is 43.1 Å². The molecule has 0 saturated carbocycles. The van der Waals surface area contributed by atoms with Gasteiger partial charge < -0.3 is 24.9 Å². The monoisotopic (exact) mass is 522 g/mol. The zero-order chi connectivity index (χ0) is 24.2. The van der Waals surface area contributed by atoms with Crippen LogP contribution in [0, 0.1) is 0 Å². The van der Waals surface area contributed by atoms with E-state index in [4.69, 9.17) is 42.8 Å². The van der Waals surface area contributed by atoms with E-state index >= 15 is 0 Å². The van der Waals surface area contributed by atoms with Gasteiger partial charge in [-0.1, -0.05) is 35.0 Å². The summed E-state index contributed by atoms with van der Waals surface area (Å²) in [4.78, 5) is 13.9. The van der Waals surface area contributed by atoms with Crippen LogP contribution in [0.1, 0.15) is 0 Å². The first kappa shape index (κ1) is 24.6. The number of aliphatic hydroxyl groups excluding tert-OH is 1. The Balaban J connectivity index is 1.81. The van der Waals surface area contributed by atoms with E-state index in [9.17, 15) is 0 Å². The second-order valence-corrected chi connectivity index (χ2v) is 8.86. The molecule has 1 aromatic carbocycles. The molecule has 3 heterocycles. The van der Waals surface area contributed by atoms with Crippen molar-refractivity contribution in [2.45, 2.75) is 5.16 Å². The zero-order valence-corrected chi connectivity index (χ0v) is 21.2. The Bertz CT molecular complexity index is 1210. The van der Waals surface area contributed by atoms with Gasteiger partial charge in [-0.25, -0.2) is 20.4 Å². The molecule has 3 aromatic rings. The molecular weight excluding hydrogens is 499 g/mol. The molecule has 0 spiro atoms. The lowest BCUT2D eigenvalue weighted by atomic mass is 10.1. The molecule has 0 aliphatic carbocycles. The van der Waals surface area contributed by atoms with Crippen LogP contribution in [0.15, 0.2) is 35.3 Å². The third kappa shape index (κ3) is 4.96. The van der Waals surface area contributed by atoms with Crippen LogP contribution in [0.3, 0.4) is 0 Å². The van der Waals surface area contributed by atoms with Crippen molar-refractivity contribution in [1.82, 2.24) is 25.4 Å². The topological polar surface area (TPSA) is 105 Å². The number of pyridine rings is 1. The number of ether oxygens (including phenoxy) is 2. The van der Waals surface area contributed by atoms with Gasteiger partial charge in [-0.15, -0.1) is 0 Å². The Kier molecular flexibility index (Phi) is 7.84. The summed E-state index contributed by atoms with van der Waals surface area (Å²) in [6, 6.07) is 3.48. The quantitative estimate of drug-likeness (QED) is 0.283. The first-order valence-electron chi connectivity index (χ1n) is 10.4. The van der Waals surface area contributed by atoms with Crippen molar-refractivity contribution in [3.8, 4) is 22.8 Å². The number of fused-ring (bicyclic) bond motifs is 1. The van der Waals surface area contributed by atoms with Gasteiger partial charge in [0.2, 0.25) is 0 Å². The van der Waals surface area contributed by atoms with Crippen LogP contribution in [0.25, 0.3) is 22.2 Å². The Morgan fingerprint density at radius 1 is 1.18 bits per heavy atom. The summed E-state index contributed by atoms with van der Waals surface area (Å²) in [5.74, 6) is 1.42. The maximum atomic E-state index is 9.15. The number of aliphatic hydroxyl groups is 1. The first-order valence-corrected chi connectivity index (χ1v) is 12.3. The van der Waals surface area contributed by atoms with E-state index in [1.165, 1.54) is 26.0 Å². The zero-order valence-electron chi connectivity index (χ0n) is 18.9. The molecule has 0 atom stereocenters. The molecule has 0 radical (unpaired) electrons. The second-order valence-electron chi connectivity index (χ2n) is 7.33. The van der Waals surface area contributed by atoms with Crippen molar-refractivity contribution < 1.29 is 14.6 Å². The Hall–Kier alpha value is -2.50. The number of nitrogens with one attached hydrogen (secondary N) is 2. The summed E-state index contributed by atoms with van der Waals surface area (Å²) in [7, 11) is 3.06. The molecule has 0 fully saturated rings. The highest BCUT2D eigenvalue weighted by Gasteiger charge is 2.22. The van der Waals surface area contributed by atoms with Gasteiger partial charge in [-0.3, -0.25) is 0 Å². The summed E-state index contributed by atoms with van der Waals surface area (Å²) in [6.07, 6.45) is 5.64. The predicted molar refractivity (Wildman–Crippen MR) is 136 cm³/mol. The minimum absolute atomic E-state index is 0.0678. The van der Waals surface area contributed by atoms with Crippen molar-refractivity contribution in [2.75, 3.05) is 52.0 Å². The van der Waals surface area contributed by atoms with Crippen LogP contribution >= 0.6 is 35.0 Å². The molecule has 12 heteroatoms. The largest absolute Gasteiger partial charge is 0.495 e. The minimum atomic E-state index is 0.0678. The maximum Gasteiger partial charge on any atom is 0.187 e. The lowest BCUT2D eigenvalue weighted by molar-refractivity contribution is 0.210. The number of hydrazine groups is 1. The van der Waals surface area contributed by atoms with Gasteiger partial charge in [0.15, 0.2) is 11.0 Å². The molecule has 1 aliphatic heterocycles. The number of nitrogens with zero attached hydrogens (tertiary/aromatic N) is 4. The molecule has 180 valence electrons. The average molecular weight is 523 g/mol. The number of hydrogen-bond donors (Lipinski definition) is 3. The van der Waals surface area contributed by atoms with Crippen LogP contribution in [0.5, 0.6) is 11.5 Å². The summed E-state index contributed by atoms with van der Waals surface area (Å²) in [5, 5.41) is 16.5. The van der Waals surface area contributed by atoms with Crippen molar-refractivity contribution >= 4 is 51.7 Å². The number of hydrogen-bond acceptors (Lipinski definition) is 10. The second kappa shape index (κ2) is 10.8. The number of aromatic nitrogens is 3. The first-order chi connectivity index (χ1) is 16.5.